The van der Waals surface area contributed by atoms with Crippen molar-refractivity contribution in [3.8, 4) is 11.4 Å². The van der Waals surface area contributed by atoms with Crippen LogP contribution in [0.2, 0.25) is 0 Å². The first kappa shape index (κ1) is 16.2. The number of carbonyl (C=O) groups excluding carboxylic acids is 1. The summed E-state index contributed by atoms with van der Waals surface area (Å²) in [4.78, 5) is 12.0. The van der Waals surface area contributed by atoms with Crippen LogP contribution < -0.4 is 10.5 Å². The number of halogens is 3. The Morgan fingerprint density at radius 3 is 2.67 bits per heavy atom. The summed E-state index contributed by atoms with van der Waals surface area (Å²) >= 11 is 0. The van der Waals surface area contributed by atoms with E-state index >= 15 is 0 Å². The van der Waals surface area contributed by atoms with E-state index in [9.17, 15) is 18.0 Å². The van der Waals surface area contributed by atoms with Gasteiger partial charge in [-0.15, -0.1) is 18.3 Å². The topological polar surface area (TPSA) is 79.4 Å². The number of carbonyl (C=O) groups is 1. The molecule has 128 valence electrons. The predicted molar refractivity (Wildman–Crippen MR) is 78.0 cm³/mol. The Kier molecular flexibility index (Phi) is 3.86. The van der Waals surface area contributed by atoms with Crippen molar-refractivity contribution in [2.45, 2.75) is 25.1 Å². The maximum Gasteiger partial charge on any atom is 0.573 e. The third-order valence-corrected chi connectivity index (χ3v) is 3.60. The minimum atomic E-state index is -4.79. The maximum atomic E-state index is 12.4. The van der Waals surface area contributed by atoms with Crippen LogP contribution >= 0.6 is 0 Å². The summed E-state index contributed by atoms with van der Waals surface area (Å²) in [6.07, 6.45) is -3.11. The number of nitrogens with two attached hydrogens (primary N) is 1. The number of hydrogen-bond donors (Lipinski definition) is 1. The third-order valence-electron chi connectivity index (χ3n) is 3.60. The molecule has 3 rings (SSSR count). The quantitative estimate of drug-likeness (QED) is 0.865. The first-order valence-corrected chi connectivity index (χ1v) is 7.13. The van der Waals surface area contributed by atoms with Crippen molar-refractivity contribution < 1.29 is 27.4 Å². The molecule has 0 unspecified atom stereocenters. The van der Waals surface area contributed by atoms with Crippen molar-refractivity contribution in [1.29, 1.82) is 0 Å². The molecule has 2 N–H and O–H groups in total. The van der Waals surface area contributed by atoms with Crippen molar-refractivity contribution in [3.05, 3.63) is 35.5 Å². The van der Waals surface area contributed by atoms with Crippen LogP contribution in [0.15, 0.2) is 24.3 Å². The van der Waals surface area contributed by atoms with Crippen LogP contribution in [0, 0.1) is 0 Å². The number of anilines is 1. The molecule has 6 nitrogen and oxygen atoms in total. The molecule has 9 heteroatoms. The highest BCUT2D eigenvalue weighted by atomic mass is 19.4. The monoisotopic (exact) mass is 341 g/mol. The summed E-state index contributed by atoms with van der Waals surface area (Å²) in [5.41, 5.74) is 6.84. The summed E-state index contributed by atoms with van der Waals surface area (Å²) in [6, 6.07) is 5.33. The van der Waals surface area contributed by atoms with Gasteiger partial charge < -0.3 is 15.2 Å². The average Bonchev–Trinajstić information content (AvgIpc) is 3.28. The van der Waals surface area contributed by atoms with Gasteiger partial charge in [0.15, 0.2) is 5.82 Å². The highest BCUT2D eigenvalue weighted by molar-refractivity contribution is 5.96. The van der Waals surface area contributed by atoms with E-state index in [0.29, 0.717) is 11.4 Å². The van der Waals surface area contributed by atoms with Gasteiger partial charge in [-0.25, -0.2) is 9.48 Å². The zero-order chi connectivity index (χ0) is 17.5. The van der Waals surface area contributed by atoms with Crippen LogP contribution in [0.3, 0.4) is 0 Å². The van der Waals surface area contributed by atoms with E-state index in [1.807, 2.05) is 0 Å². The molecule has 1 aliphatic carbocycles. The van der Waals surface area contributed by atoms with E-state index in [2.05, 4.69) is 9.84 Å². The predicted octanol–water partition coefficient (Wildman–Crippen LogP) is 3.02. The largest absolute Gasteiger partial charge is 0.573 e. The lowest BCUT2D eigenvalue weighted by molar-refractivity contribution is -0.274. The van der Waals surface area contributed by atoms with Crippen LogP contribution in [-0.2, 0) is 4.74 Å². The smallest absolute Gasteiger partial charge is 0.465 e. The van der Waals surface area contributed by atoms with E-state index < -0.39 is 12.3 Å². The average molecular weight is 341 g/mol. The van der Waals surface area contributed by atoms with Crippen LogP contribution in [0.1, 0.15) is 34.8 Å². The van der Waals surface area contributed by atoms with Crippen LogP contribution in [0.25, 0.3) is 5.69 Å². The molecular formula is C15H14F3N3O3. The number of aromatic nitrogens is 2. The van der Waals surface area contributed by atoms with Crippen LogP contribution in [0.5, 0.6) is 5.75 Å². The highest BCUT2D eigenvalue weighted by Crippen LogP contribution is 2.44. The SMILES string of the molecule is COC(=O)c1c(N)nn(-c2cccc(OC(F)(F)F)c2)c1C1CC1. The Bertz CT molecular complexity index is 782. The molecule has 1 aromatic carbocycles. The van der Waals surface area contributed by atoms with Gasteiger partial charge in [-0.1, -0.05) is 6.07 Å². The lowest BCUT2D eigenvalue weighted by Gasteiger charge is -2.12. The zero-order valence-electron chi connectivity index (χ0n) is 12.6. The molecule has 2 aromatic rings. The highest BCUT2D eigenvalue weighted by Gasteiger charge is 2.36. The lowest BCUT2D eigenvalue weighted by atomic mass is 10.1. The van der Waals surface area contributed by atoms with Gasteiger partial charge in [0.05, 0.1) is 18.5 Å². The number of nitrogen functional groups attached to an aromatic ring is 1. The molecule has 0 atom stereocenters. The molecule has 1 aliphatic rings. The molecule has 0 spiro atoms. The molecule has 0 bridgehead atoms. The fourth-order valence-corrected chi connectivity index (χ4v) is 2.50. The number of ether oxygens (including phenoxy) is 2. The van der Waals surface area contributed by atoms with Crippen LogP contribution in [-0.4, -0.2) is 29.2 Å². The van der Waals surface area contributed by atoms with E-state index in [-0.39, 0.29) is 23.0 Å². The second kappa shape index (κ2) is 5.73. The van der Waals surface area contributed by atoms with Gasteiger partial charge in [0.1, 0.15) is 11.3 Å². The van der Waals surface area contributed by atoms with E-state index in [1.54, 1.807) is 6.07 Å². The van der Waals surface area contributed by atoms with Crippen molar-refractivity contribution in [1.82, 2.24) is 9.78 Å². The molecule has 0 aliphatic heterocycles. The van der Waals surface area contributed by atoms with E-state index in [1.165, 1.54) is 30.0 Å². The minimum absolute atomic E-state index is 0.0223. The molecular weight excluding hydrogens is 327 g/mol. The summed E-state index contributed by atoms with van der Waals surface area (Å²) in [5.74, 6) is -0.958. The fourth-order valence-electron chi connectivity index (χ4n) is 2.50. The molecule has 24 heavy (non-hydrogen) atoms. The molecule has 0 radical (unpaired) electrons. The van der Waals surface area contributed by atoms with Gasteiger partial charge in [0.25, 0.3) is 0 Å². The molecule has 1 aromatic heterocycles. The summed E-state index contributed by atoms with van der Waals surface area (Å²) < 4.78 is 47.2. The van der Waals surface area contributed by atoms with Gasteiger partial charge in [0.2, 0.25) is 0 Å². The number of esters is 1. The Morgan fingerprint density at radius 1 is 1.38 bits per heavy atom. The molecule has 1 saturated carbocycles. The molecule has 1 heterocycles. The third kappa shape index (κ3) is 3.15. The number of benzene rings is 1. The lowest BCUT2D eigenvalue weighted by Crippen LogP contribution is -2.17. The Labute approximate surface area is 135 Å². The normalized spacial score (nSPS) is 14.5. The number of methoxy groups -OCH3 is 1. The minimum Gasteiger partial charge on any atom is -0.465 e. The molecule has 1 fully saturated rings. The zero-order valence-corrected chi connectivity index (χ0v) is 12.6. The first-order valence-electron chi connectivity index (χ1n) is 7.13. The Morgan fingerprint density at radius 2 is 2.08 bits per heavy atom. The van der Waals surface area contributed by atoms with Crippen molar-refractivity contribution in [2.75, 3.05) is 12.8 Å². The van der Waals surface area contributed by atoms with Crippen LogP contribution in [0.4, 0.5) is 19.0 Å². The van der Waals surface area contributed by atoms with Gasteiger partial charge in [-0.2, -0.15) is 0 Å². The van der Waals surface area contributed by atoms with E-state index in [4.69, 9.17) is 10.5 Å². The molecule has 0 saturated heterocycles. The van der Waals surface area contributed by atoms with Gasteiger partial charge in [-0.3, -0.25) is 0 Å². The Hall–Kier alpha value is -2.71. The number of nitrogens with zero attached hydrogens (tertiary/aromatic N) is 2. The van der Waals surface area contributed by atoms with Crippen molar-refractivity contribution in [2.24, 2.45) is 0 Å². The van der Waals surface area contributed by atoms with E-state index in [0.717, 1.165) is 12.8 Å². The number of rotatable bonds is 4. The summed E-state index contributed by atoms with van der Waals surface area (Å²) in [7, 11) is 1.23. The fraction of sp³-hybridized carbons (Fsp3) is 0.333. The number of alkyl halides is 3. The van der Waals surface area contributed by atoms with Crippen molar-refractivity contribution in [3.63, 3.8) is 0 Å². The van der Waals surface area contributed by atoms with Gasteiger partial charge >= 0.3 is 12.3 Å². The Balaban J connectivity index is 2.07. The second-order valence-corrected chi connectivity index (χ2v) is 5.37. The summed E-state index contributed by atoms with van der Waals surface area (Å²) in [5, 5.41) is 4.11. The number of hydrogen-bond acceptors (Lipinski definition) is 5. The standard InChI is InChI=1S/C15H14F3N3O3/c1-23-14(22)11-12(8-5-6-8)21(20-13(11)19)9-3-2-4-10(7-9)24-15(16,17)18/h2-4,7-8H,5-6H2,1H3,(H2,19,20). The molecule has 0 amide bonds. The van der Waals surface area contributed by atoms with Gasteiger partial charge in [0, 0.05) is 12.0 Å². The maximum absolute atomic E-state index is 12.4. The second-order valence-electron chi connectivity index (χ2n) is 5.37. The van der Waals surface area contributed by atoms with Gasteiger partial charge in [-0.05, 0) is 25.0 Å². The van der Waals surface area contributed by atoms with Crippen molar-refractivity contribution >= 4 is 11.8 Å². The first-order chi connectivity index (χ1) is 11.3. The summed E-state index contributed by atoms with van der Waals surface area (Å²) in [6.45, 7) is 0.